The van der Waals surface area contributed by atoms with Gasteiger partial charge in [-0.15, -0.1) is 0 Å². The Labute approximate surface area is 202 Å². The van der Waals surface area contributed by atoms with Gasteiger partial charge in [0.05, 0.1) is 18.4 Å². The highest BCUT2D eigenvalue weighted by atomic mass is 79.9. The second-order valence-electron chi connectivity index (χ2n) is 7.07. The van der Waals surface area contributed by atoms with Crippen molar-refractivity contribution in [3.63, 3.8) is 0 Å². The molecule has 3 rings (SSSR count). The minimum atomic E-state index is -1.05. The lowest BCUT2D eigenvalue weighted by Crippen LogP contribution is -2.33. The predicted molar refractivity (Wildman–Crippen MR) is 125 cm³/mol. The fraction of sp³-hybridized carbons (Fsp3) is 0.174. The third-order valence-corrected chi connectivity index (χ3v) is 5.90. The van der Waals surface area contributed by atoms with Gasteiger partial charge in [0.15, 0.2) is 0 Å². The van der Waals surface area contributed by atoms with Crippen molar-refractivity contribution in [1.82, 2.24) is 9.99 Å². The van der Waals surface area contributed by atoms with E-state index in [0.29, 0.717) is 32.8 Å². The molecule has 0 radical (unpaired) electrons. The Morgan fingerprint density at radius 1 is 1.35 bits per heavy atom. The molecule has 0 saturated heterocycles. The van der Waals surface area contributed by atoms with Gasteiger partial charge in [-0.25, -0.2) is 10.2 Å². The second-order valence-corrected chi connectivity index (χ2v) is 7.86. The normalized spacial score (nSPS) is 10.9. The summed E-state index contributed by atoms with van der Waals surface area (Å²) in [6, 6.07) is 11.4. The van der Waals surface area contributed by atoms with Crippen molar-refractivity contribution in [2.24, 2.45) is 5.10 Å². The Morgan fingerprint density at radius 3 is 2.79 bits per heavy atom. The largest absolute Gasteiger partial charge is 0.478 e. The Balaban J connectivity index is 1.72. The van der Waals surface area contributed by atoms with Crippen LogP contribution < -0.4 is 11.0 Å². The van der Waals surface area contributed by atoms with Gasteiger partial charge in [0, 0.05) is 28.4 Å². The number of aromatic carboxylic acids is 1. The molecule has 0 aliphatic heterocycles. The van der Waals surface area contributed by atoms with Gasteiger partial charge < -0.3 is 18.8 Å². The molecule has 1 amide bonds. The monoisotopic (exact) mass is 526 g/mol. The van der Waals surface area contributed by atoms with Gasteiger partial charge in [-0.2, -0.15) is 10.4 Å². The van der Waals surface area contributed by atoms with Crippen LogP contribution in [0.5, 0.6) is 0 Å². The number of amides is 1. The number of nitrogens with zero attached hydrogens (tertiary/aromatic N) is 3. The summed E-state index contributed by atoms with van der Waals surface area (Å²) in [4.78, 5) is 36.2. The van der Waals surface area contributed by atoms with E-state index in [2.05, 4.69) is 26.5 Å². The topological polar surface area (TPSA) is 147 Å². The van der Waals surface area contributed by atoms with E-state index >= 15 is 0 Å². The Bertz CT molecular complexity index is 1380. The number of benzene rings is 1. The molecule has 0 saturated carbocycles. The number of methoxy groups -OCH3 is 1. The lowest BCUT2D eigenvalue weighted by Gasteiger charge is -2.15. The van der Waals surface area contributed by atoms with Crippen LogP contribution in [0.3, 0.4) is 0 Å². The van der Waals surface area contributed by atoms with Crippen molar-refractivity contribution in [2.45, 2.75) is 20.1 Å². The van der Waals surface area contributed by atoms with Crippen LogP contribution in [0.4, 0.5) is 0 Å². The molecule has 3 aromatic rings. The minimum absolute atomic E-state index is 0.0720. The Morgan fingerprint density at radius 2 is 2.12 bits per heavy atom. The number of pyridine rings is 1. The summed E-state index contributed by atoms with van der Waals surface area (Å²) in [5, 5.41) is 22.3. The number of rotatable bonds is 8. The van der Waals surface area contributed by atoms with Crippen molar-refractivity contribution in [2.75, 3.05) is 7.11 Å². The van der Waals surface area contributed by atoms with E-state index in [1.165, 1.54) is 30.0 Å². The second kappa shape index (κ2) is 10.7. The van der Waals surface area contributed by atoms with Gasteiger partial charge in [-0.3, -0.25) is 9.59 Å². The van der Waals surface area contributed by atoms with Gasteiger partial charge in [0.1, 0.15) is 29.7 Å². The van der Waals surface area contributed by atoms with Crippen LogP contribution in [0.25, 0.3) is 11.3 Å². The fourth-order valence-corrected chi connectivity index (χ4v) is 3.70. The van der Waals surface area contributed by atoms with E-state index in [1.54, 1.807) is 31.2 Å². The fourth-order valence-electron chi connectivity index (χ4n) is 3.18. The average molecular weight is 527 g/mol. The number of carbonyl (C=O) groups excluding carboxylic acids is 1. The van der Waals surface area contributed by atoms with Crippen LogP contribution in [-0.2, 0) is 22.7 Å². The van der Waals surface area contributed by atoms with E-state index < -0.39 is 17.4 Å². The summed E-state index contributed by atoms with van der Waals surface area (Å²) in [5.41, 5.74) is 3.20. The van der Waals surface area contributed by atoms with Gasteiger partial charge >= 0.3 is 5.97 Å². The smallest absolute Gasteiger partial charge is 0.335 e. The Hall–Kier alpha value is -4.01. The summed E-state index contributed by atoms with van der Waals surface area (Å²) in [7, 11) is 1.45. The highest BCUT2D eigenvalue weighted by molar-refractivity contribution is 9.10. The Kier molecular flexibility index (Phi) is 7.78. The first-order chi connectivity index (χ1) is 16.3. The molecule has 0 atom stereocenters. The third kappa shape index (κ3) is 5.31. The molecule has 2 N–H and O–H groups in total. The molecule has 11 heteroatoms. The number of halogens is 1. The van der Waals surface area contributed by atoms with E-state index in [4.69, 9.17) is 14.3 Å². The lowest BCUT2D eigenvalue weighted by molar-refractivity contribution is -0.121. The minimum Gasteiger partial charge on any atom is -0.478 e. The van der Waals surface area contributed by atoms with Gasteiger partial charge in [-0.05, 0) is 47.1 Å². The number of hydrogen-bond acceptors (Lipinski definition) is 7. The molecule has 0 bridgehead atoms. The standard InChI is InChI=1S/C23H19BrN4O6/c1-13-21(24)18(12-33-2)17(9-25)22(30)28(13)11-20(29)27-26-10-16-6-7-19(34-16)14-4-3-5-15(8-14)23(31)32/h3-8,10H,11-12H2,1-2H3,(H,27,29)(H,31,32). The number of nitriles is 1. The first kappa shape index (κ1) is 24.6. The number of carboxylic acids is 1. The highest BCUT2D eigenvalue weighted by Gasteiger charge is 2.19. The van der Waals surface area contributed by atoms with Crippen LogP contribution in [0.15, 0.2) is 55.2 Å². The van der Waals surface area contributed by atoms with Crippen molar-refractivity contribution >= 4 is 34.0 Å². The SMILES string of the molecule is COCc1c(Br)c(C)n(CC(=O)NN=Cc2ccc(-c3cccc(C(=O)O)c3)o2)c(=O)c1C#N. The third-order valence-electron chi connectivity index (χ3n) is 4.85. The van der Waals surface area contributed by atoms with E-state index in [-0.39, 0.29) is 24.3 Å². The molecule has 0 fully saturated rings. The number of hydrogen-bond donors (Lipinski definition) is 2. The summed E-state index contributed by atoms with van der Waals surface area (Å²) >= 11 is 3.37. The summed E-state index contributed by atoms with van der Waals surface area (Å²) < 4.78 is 12.4. The van der Waals surface area contributed by atoms with Gasteiger partial charge in [0.2, 0.25) is 0 Å². The maximum atomic E-state index is 12.7. The number of aromatic nitrogens is 1. The first-order valence-corrected chi connectivity index (χ1v) is 10.6. The van der Waals surface area contributed by atoms with E-state index in [0.717, 1.165) is 0 Å². The van der Waals surface area contributed by atoms with E-state index in [9.17, 15) is 19.6 Å². The average Bonchev–Trinajstić information content (AvgIpc) is 3.29. The quantitative estimate of drug-likeness (QED) is 0.338. The predicted octanol–water partition coefficient (Wildman–Crippen LogP) is 3.05. The van der Waals surface area contributed by atoms with Crippen molar-refractivity contribution < 1.29 is 23.8 Å². The number of carboxylic acid groups (broad SMARTS) is 1. The number of carbonyl (C=O) groups is 2. The zero-order valence-corrected chi connectivity index (χ0v) is 19.7. The summed E-state index contributed by atoms with van der Waals surface area (Å²) in [6.07, 6.45) is 1.27. The van der Waals surface area contributed by atoms with Crippen LogP contribution in [-0.4, -0.2) is 34.9 Å². The van der Waals surface area contributed by atoms with Crippen LogP contribution >= 0.6 is 15.9 Å². The van der Waals surface area contributed by atoms with E-state index in [1.807, 2.05) is 6.07 Å². The highest BCUT2D eigenvalue weighted by Crippen LogP contribution is 2.24. The first-order valence-electron chi connectivity index (χ1n) is 9.83. The molecular formula is C23H19BrN4O6. The molecule has 0 aliphatic rings. The molecule has 0 unspecified atom stereocenters. The molecule has 2 aromatic heterocycles. The number of ether oxygens (including phenoxy) is 1. The van der Waals surface area contributed by atoms with Crippen molar-refractivity contribution in [1.29, 1.82) is 5.26 Å². The van der Waals surface area contributed by atoms with Gasteiger partial charge in [0.25, 0.3) is 11.5 Å². The maximum absolute atomic E-state index is 12.7. The lowest BCUT2D eigenvalue weighted by atomic mass is 10.1. The molecule has 2 heterocycles. The molecule has 174 valence electrons. The molecular weight excluding hydrogens is 508 g/mol. The zero-order valence-electron chi connectivity index (χ0n) is 18.2. The number of hydrazone groups is 1. The van der Waals surface area contributed by atoms with Crippen LogP contribution in [0, 0.1) is 18.3 Å². The summed E-state index contributed by atoms with van der Waals surface area (Å²) in [5.74, 6) is -0.877. The van der Waals surface area contributed by atoms with Crippen molar-refractivity contribution in [3.05, 3.63) is 79.4 Å². The zero-order chi connectivity index (χ0) is 24.8. The summed E-state index contributed by atoms with van der Waals surface area (Å²) in [6.45, 7) is 1.36. The van der Waals surface area contributed by atoms with Crippen molar-refractivity contribution in [3.8, 4) is 17.4 Å². The van der Waals surface area contributed by atoms with Crippen LogP contribution in [0.2, 0.25) is 0 Å². The molecule has 0 aliphatic carbocycles. The maximum Gasteiger partial charge on any atom is 0.335 e. The van der Waals surface area contributed by atoms with Gasteiger partial charge in [-0.1, -0.05) is 12.1 Å². The number of nitrogens with one attached hydrogen (secondary N) is 1. The number of furan rings is 1. The molecule has 34 heavy (non-hydrogen) atoms. The molecule has 10 nitrogen and oxygen atoms in total. The molecule has 1 aromatic carbocycles. The van der Waals surface area contributed by atoms with Crippen LogP contribution in [0.1, 0.15) is 32.9 Å². The molecule has 0 spiro atoms.